The first-order valence-corrected chi connectivity index (χ1v) is 11.0. The first-order chi connectivity index (χ1) is 12.8. The van der Waals surface area contributed by atoms with E-state index in [-0.39, 0.29) is 29.5 Å². The van der Waals surface area contributed by atoms with Crippen LogP contribution in [0.2, 0.25) is 0 Å². The number of guanidine groups is 1. The SMILES string of the molecule is I.NC(=NCC1(N2CCOCC2)CCSC1)Nc1cccc2c1CCCC2. The number of fused-ring (bicyclic) bond motifs is 1. The van der Waals surface area contributed by atoms with Crippen molar-refractivity contribution in [3.8, 4) is 0 Å². The molecule has 1 unspecified atom stereocenters. The van der Waals surface area contributed by atoms with Crippen LogP contribution >= 0.6 is 35.7 Å². The lowest BCUT2D eigenvalue weighted by Gasteiger charge is -2.42. The third-order valence-electron chi connectivity index (χ3n) is 5.97. The smallest absolute Gasteiger partial charge is 0.193 e. The van der Waals surface area contributed by atoms with Crippen molar-refractivity contribution in [2.75, 3.05) is 49.7 Å². The summed E-state index contributed by atoms with van der Waals surface area (Å²) in [6, 6.07) is 6.51. The zero-order valence-electron chi connectivity index (χ0n) is 15.9. The molecule has 2 saturated heterocycles. The molecule has 0 saturated carbocycles. The van der Waals surface area contributed by atoms with Crippen LogP contribution in [-0.4, -0.2) is 60.8 Å². The topological polar surface area (TPSA) is 62.9 Å². The van der Waals surface area contributed by atoms with E-state index in [9.17, 15) is 0 Å². The van der Waals surface area contributed by atoms with Gasteiger partial charge in [-0.1, -0.05) is 12.1 Å². The molecule has 4 rings (SSSR count). The Balaban J connectivity index is 0.00000210. The van der Waals surface area contributed by atoms with E-state index in [1.54, 1.807) is 0 Å². The second-order valence-corrected chi connectivity index (χ2v) is 8.71. The summed E-state index contributed by atoms with van der Waals surface area (Å²) in [5, 5.41) is 3.39. The highest BCUT2D eigenvalue weighted by atomic mass is 127. The van der Waals surface area contributed by atoms with Crippen LogP contribution in [0.3, 0.4) is 0 Å². The molecule has 27 heavy (non-hydrogen) atoms. The van der Waals surface area contributed by atoms with Crippen molar-refractivity contribution < 1.29 is 4.74 Å². The maximum Gasteiger partial charge on any atom is 0.193 e. The Hall–Kier alpha value is -0.510. The normalized spacial score (nSPS) is 26.3. The summed E-state index contributed by atoms with van der Waals surface area (Å²) in [7, 11) is 0. The van der Waals surface area contributed by atoms with Gasteiger partial charge < -0.3 is 15.8 Å². The van der Waals surface area contributed by atoms with Crippen LogP contribution < -0.4 is 11.1 Å². The van der Waals surface area contributed by atoms with E-state index in [0.29, 0.717) is 5.96 Å². The van der Waals surface area contributed by atoms with E-state index in [1.165, 1.54) is 42.6 Å². The molecule has 3 aliphatic rings. The summed E-state index contributed by atoms with van der Waals surface area (Å²) in [6.07, 6.45) is 6.06. The molecule has 7 heteroatoms. The van der Waals surface area contributed by atoms with Gasteiger partial charge in [-0.15, -0.1) is 24.0 Å². The van der Waals surface area contributed by atoms with Gasteiger partial charge in [0.25, 0.3) is 0 Å². The van der Waals surface area contributed by atoms with Gasteiger partial charge in [-0.2, -0.15) is 11.8 Å². The van der Waals surface area contributed by atoms with Gasteiger partial charge in [0.2, 0.25) is 0 Å². The Morgan fingerprint density at radius 3 is 2.85 bits per heavy atom. The van der Waals surface area contributed by atoms with E-state index >= 15 is 0 Å². The van der Waals surface area contributed by atoms with Gasteiger partial charge in [0.05, 0.1) is 25.3 Å². The minimum atomic E-state index is 0. The standard InChI is InChI=1S/C20H30N4OS.HI/c21-19(23-18-7-3-5-16-4-1-2-6-17(16)18)22-14-20(8-13-26-15-20)24-9-11-25-12-10-24;/h3,5,7H,1-2,4,6,8-15H2,(H3,21,22,23);1H. The van der Waals surface area contributed by atoms with Gasteiger partial charge in [-0.3, -0.25) is 9.89 Å². The molecule has 150 valence electrons. The number of aryl methyl sites for hydroxylation is 1. The minimum absolute atomic E-state index is 0. The van der Waals surface area contributed by atoms with Crippen molar-refractivity contribution in [3.05, 3.63) is 29.3 Å². The summed E-state index contributed by atoms with van der Waals surface area (Å²) in [6.45, 7) is 4.46. The van der Waals surface area contributed by atoms with Crippen LogP contribution in [0.4, 0.5) is 5.69 Å². The van der Waals surface area contributed by atoms with Gasteiger partial charge in [-0.25, -0.2) is 0 Å². The molecule has 2 heterocycles. The Labute approximate surface area is 183 Å². The van der Waals surface area contributed by atoms with Crippen molar-refractivity contribution in [1.82, 2.24) is 4.90 Å². The number of nitrogens with one attached hydrogen (secondary N) is 1. The van der Waals surface area contributed by atoms with Crippen LogP contribution in [-0.2, 0) is 17.6 Å². The first kappa shape index (κ1) is 21.2. The Morgan fingerprint density at radius 1 is 1.26 bits per heavy atom. The summed E-state index contributed by atoms with van der Waals surface area (Å²) < 4.78 is 5.54. The number of thioether (sulfide) groups is 1. The Kier molecular flexibility index (Phi) is 7.70. The molecule has 0 spiro atoms. The van der Waals surface area contributed by atoms with E-state index in [1.807, 2.05) is 11.8 Å². The van der Waals surface area contributed by atoms with Gasteiger partial charge in [0.15, 0.2) is 5.96 Å². The van der Waals surface area contributed by atoms with Crippen molar-refractivity contribution >= 4 is 47.4 Å². The zero-order valence-corrected chi connectivity index (χ0v) is 19.1. The summed E-state index contributed by atoms with van der Waals surface area (Å²) in [5.41, 5.74) is 10.5. The van der Waals surface area contributed by atoms with Gasteiger partial charge in [0.1, 0.15) is 0 Å². The molecule has 3 N–H and O–H groups in total. The maximum absolute atomic E-state index is 6.29. The largest absolute Gasteiger partial charge is 0.379 e. The fourth-order valence-corrected chi connectivity index (χ4v) is 5.88. The minimum Gasteiger partial charge on any atom is -0.379 e. The molecule has 1 aliphatic carbocycles. The lowest BCUT2D eigenvalue weighted by atomic mass is 9.90. The number of benzene rings is 1. The molecule has 0 bridgehead atoms. The number of hydrogen-bond acceptors (Lipinski definition) is 4. The van der Waals surface area contributed by atoms with Gasteiger partial charge in [0, 0.05) is 24.5 Å². The number of aliphatic imine (C=N–C) groups is 1. The van der Waals surface area contributed by atoms with E-state index in [2.05, 4.69) is 28.4 Å². The molecule has 2 aliphatic heterocycles. The molecule has 1 aromatic carbocycles. The van der Waals surface area contributed by atoms with Gasteiger partial charge >= 0.3 is 0 Å². The number of nitrogens with zero attached hydrogens (tertiary/aromatic N) is 2. The van der Waals surface area contributed by atoms with Crippen LogP contribution in [0, 0.1) is 0 Å². The highest BCUT2D eigenvalue weighted by molar-refractivity contribution is 14.0. The monoisotopic (exact) mass is 502 g/mol. The summed E-state index contributed by atoms with van der Waals surface area (Å²) in [5.74, 6) is 2.91. The number of morpholine rings is 1. The van der Waals surface area contributed by atoms with E-state index < -0.39 is 0 Å². The number of nitrogens with two attached hydrogens (primary N) is 1. The fourth-order valence-electron chi connectivity index (χ4n) is 4.42. The lowest BCUT2D eigenvalue weighted by Crippen LogP contribution is -2.56. The third kappa shape index (κ3) is 4.92. The molecule has 1 aromatic rings. The number of anilines is 1. The van der Waals surface area contributed by atoms with Crippen LogP contribution in [0.1, 0.15) is 30.4 Å². The van der Waals surface area contributed by atoms with Crippen molar-refractivity contribution in [2.45, 2.75) is 37.6 Å². The molecule has 5 nitrogen and oxygen atoms in total. The molecule has 0 amide bonds. The fraction of sp³-hybridized carbons (Fsp3) is 0.650. The van der Waals surface area contributed by atoms with Crippen LogP contribution in [0.5, 0.6) is 0 Å². The second kappa shape index (κ2) is 9.80. The molecule has 1 atom stereocenters. The molecule has 0 radical (unpaired) electrons. The predicted molar refractivity (Wildman–Crippen MR) is 126 cm³/mol. The van der Waals surface area contributed by atoms with Crippen LogP contribution in [0.25, 0.3) is 0 Å². The summed E-state index contributed by atoms with van der Waals surface area (Å²) >= 11 is 2.04. The highest BCUT2D eigenvalue weighted by Gasteiger charge is 2.40. The Morgan fingerprint density at radius 2 is 2.07 bits per heavy atom. The molecular weight excluding hydrogens is 471 g/mol. The number of rotatable bonds is 4. The lowest BCUT2D eigenvalue weighted by molar-refractivity contribution is -0.0104. The Bertz CT molecular complexity index is 657. The van der Waals surface area contributed by atoms with E-state index in [4.69, 9.17) is 15.5 Å². The zero-order chi connectivity index (χ0) is 17.8. The molecule has 2 fully saturated rings. The van der Waals surface area contributed by atoms with Gasteiger partial charge in [-0.05, 0) is 55.1 Å². The number of halogens is 1. The van der Waals surface area contributed by atoms with E-state index in [0.717, 1.165) is 50.7 Å². The quantitative estimate of drug-likeness (QED) is 0.377. The molecule has 0 aromatic heterocycles. The highest BCUT2D eigenvalue weighted by Crippen LogP contribution is 2.34. The first-order valence-electron chi connectivity index (χ1n) is 9.85. The number of hydrogen-bond donors (Lipinski definition) is 2. The third-order valence-corrected chi connectivity index (χ3v) is 7.20. The summed E-state index contributed by atoms with van der Waals surface area (Å²) in [4.78, 5) is 7.37. The predicted octanol–water partition coefficient (Wildman–Crippen LogP) is 3.12. The van der Waals surface area contributed by atoms with Crippen molar-refractivity contribution in [3.63, 3.8) is 0 Å². The average molecular weight is 502 g/mol. The van der Waals surface area contributed by atoms with Crippen molar-refractivity contribution in [1.29, 1.82) is 0 Å². The van der Waals surface area contributed by atoms with Crippen LogP contribution in [0.15, 0.2) is 23.2 Å². The maximum atomic E-state index is 6.29. The average Bonchev–Trinajstić information content (AvgIpc) is 3.18. The second-order valence-electron chi connectivity index (χ2n) is 7.60. The van der Waals surface area contributed by atoms with Crippen molar-refractivity contribution in [2.24, 2.45) is 10.7 Å². The number of ether oxygens (including phenoxy) is 1. The molecular formula is C20H31IN4OS.